The molecule has 3 N–H and O–H groups in total. The standard InChI is InChI=1S/C33H42N4O6/c1-33(32(40)41)11-9-24(10-12-33)43-26-15-25(27(42-2)14-23(26)17-35)30(38)37-29-22-8-7-21(13-22)28(29)31(39)36-18-20-5-3-19(16-34)4-6-20/h14-15,19-22,24,28-29H,3-13,18H2,1-2H3,(H,36,39)(H,37,38)(H,40,41)/t19?,20?,21-,22+,24-,28+,29-,33+/m1/s1. The molecule has 1 aromatic rings. The van der Waals surface area contributed by atoms with Gasteiger partial charge >= 0.3 is 5.97 Å². The van der Waals surface area contributed by atoms with Crippen molar-refractivity contribution >= 4 is 17.8 Å². The van der Waals surface area contributed by atoms with Crippen LogP contribution in [0.1, 0.15) is 93.5 Å². The van der Waals surface area contributed by atoms with Crippen LogP contribution in [-0.2, 0) is 9.59 Å². The van der Waals surface area contributed by atoms with Gasteiger partial charge in [-0.1, -0.05) is 0 Å². The Morgan fingerprint density at radius 3 is 2.33 bits per heavy atom. The third-order valence-corrected chi connectivity index (χ3v) is 10.6. The van der Waals surface area contributed by atoms with Crippen LogP contribution in [0.5, 0.6) is 11.5 Å². The number of nitrogens with one attached hydrogen (secondary N) is 2. The highest BCUT2D eigenvalue weighted by atomic mass is 16.5. The molecule has 4 aliphatic carbocycles. The topological polar surface area (TPSA) is 162 Å². The molecular weight excluding hydrogens is 548 g/mol. The lowest BCUT2D eigenvalue weighted by Crippen LogP contribution is -2.50. The maximum atomic E-state index is 13.7. The number of amides is 2. The van der Waals surface area contributed by atoms with Crippen LogP contribution in [0.15, 0.2) is 12.1 Å². The van der Waals surface area contributed by atoms with E-state index in [1.54, 1.807) is 6.92 Å². The first-order chi connectivity index (χ1) is 20.6. The van der Waals surface area contributed by atoms with Crippen LogP contribution >= 0.6 is 0 Å². The Morgan fingerprint density at radius 2 is 1.70 bits per heavy atom. The van der Waals surface area contributed by atoms with Crippen molar-refractivity contribution < 1.29 is 29.0 Å². The molecule has 10 nitrogen and oxygen atoms in total. The van der Waals surface area contributed by atoms with Crippen LogP contribution in [0.25, 0.3) is 0 Å². The highest BCUT2D eigenvalue weighted by molar-refractivity contribution is 5.98. The monoisotopic (exact) mass is 590 g/mol. The number of rotatable bonds is 9. The molecule has 0 aromatic heterocycles. The van der Waals surface area contributed by atoms with Crippen molar-refractivity contribution in [2.45, 2.75) is 89.7 Å². The predicted molar refractivity (Wildman–Crippen MR) is 156 cm³/mol. The molecule has 0 unspecified atom stereocenters. The number of hydrogen-bond donors (Lipinski definition) is 3. The first-order valence-electron chi connectivity index (χ1n) is 15.7. The molecule has 43 heavy (non-hydrogen) atoms. The van der Waals surface area contributed by atoms with Crippen molar-refractivity contribution in [2.75, 3.05) is 13.7 Å². The highest BCUT2D eigenvalue weighted by Crippen LogP contribution is 2.49. The molecule has 10 heteroatoms. The smallest absolute Gasteiger partial charge is 0.309 e. The van der Waals surface area contributed by atoms with E-state index < -0.39 is 11.4 Å². The van der Waals surface area contributed by atoms with E-state index >= 15 is 0 Å². The molecule has 0 saturated heterocycles. The number of carbonyl (C=O) groups is 3. The number of hydrogen-bond acceptors (Lipinski definition) is 7. The Labute approximate surface area is 253 Å². The lowest BCUT2D eigenvalue weighted by Gasteiger charge is -2.34. The van der Waals surface area contributed by atoms with E-state index in [0.717, 1.165) is 44.9 Å². The summed E-state index contributed by atoms with van der Waals surface area (Å²) in [5.41, 5.74) is -0.316. The van der Waals surface area contributed by atoms with E-state index in [1.165, 1.54) is 19.2 Å². The summed E-state index contributed by atoms with van der Waals surface area (Å²) in [6, 6.07) is 7.23. The molecule has 4 aliphatic rings. The van der Waals surface area contributed by atoms with Crippen molar-refractivity contribution in [3.05, 3.63) is 23.3 Å². The second-order valence-corrected chi connectivity index (χ2v) is 13.3. The number of carboxylic acids is 1. The normalized spacial score (nSPS) is 33.1. The minimum atomic E-state index is -0.817. The van der Waals surface area contributed by atoms with E-state index in [1.807, 2.05) is 0 Å². The van der Waals surface area contributed by atoms with Crippen molar-refractivity contribution in [3.63, 3.8) is 0 Å². The summed E-state index contributed by atoms with van der Waals surface area (Å²) in [6.45, 7) is 2.34. The fraction of sp³-hybridized carbons (Fsp3) is 0.667. The number of fused-ring (bicyclic) bond motifs is 2. The number of aliphatic carboxylic acids is 1. The van der Waals surface area contributed by atoms with E-state index in [9.17, 15) is 24.8 Å². The fourth-order valence-corrected chi connectivity index (χ4v) is 7.79. The molecule has 0 heterocycles. The predicted octanol–water partition coefficient (Wildman–Crippen LogP) is 4.57. The molecule has 1 aromatic carbocycles. The zero-order valence-electron chi connectivity index (χ0n) is 25.1. The summed E-state index contributed by atoms with van der Waals surface area (Å²) in [6.07, 6.45) is 8.22. The number of nitriles is 2. The fourth-order valence-electron chi connectivity index (χ4n) is 7.79. The molecule has 4 saturated carbocycles. The maximum Gasteiger partial charge on any atom is 0.309 e. The molecular formula is C33H42N4O6. The first-order valence-corrected chi connectivity index (χ1v) is 15.7. The Morgan fingerprint density at radius 1 is 1.00 bits per heavy atom. The highest BCUT2D eigenvalue weighted by Gasteiger charge is 2.51. The van der Waals surface area contributed by atoms with Gasteiger partial charge in [0.05, 0.1) is 41.7 Å². The van der Waals surface area contributed by atoms with E-state index in [2.05, 4.69) is 22.8 Å². The summed E-state index contributed by atoms with van der Waals surface area (Å²) in [4.78, 5) is 38.8. The van der Waals surface area contributed by atoms with Crippen LogP contribution in [0.3, 0.4) is 0 Å². The van der Waals surface area contributed by atoms with Gasteiger partial charge in [-0.05, 0) is 101 Å². The maximum absolute atomic E-state index is 13.7. The average Bonchev–Trinajstić information content (AvgIpc) is 3.63. The van der Waals surface area contributed by atoms with Crippen LogP contribution in [0, 0.1) is 57.7 Å². The molecule has 230 valence electrons. The van der Waals surface area contributed by atoms with Crippen LogP contribution in [0.4, 0.5) is 0 Å². The second kappa shape index (κ2) is 12.8. The summed E-state index contributed by atoms with van der Waals surface area (Å²) < 4.78 is 11.7. The number of nitrogens with zero attached hydrogens (tertiary/aromatic N) is 2. The lowest BCUT2D eigenvalue weighted by molar-refractivity contribution is -0.150. The van der Waals surface area contributed by atoms with Gasteiger partial charge in [0.2, 0.25) is 5.91 Å². The minimum absolute atomic E-state index is 0.0126. The molecule has 2 bridgehead atoms. The molecule has 5 rings (SSSR count). The average molecular weight is 591 g/mol. The first kappa shape index (κ1) is 30.7. The lowest BCUT2D eigenvalue weighted by atomic mass is 9.75. The number of methoxy groups -OCH3 is 1. The van der Waals surface area contributed by atoms with E-state index in [0.29, 0.717) is 38.1 Å². The van der Waals surface area contributed by atoms with Crippen molar-refractivity contribution in [1.29, 1.82) is 10.5 Å². The van der Waals surface area contributed by atoms with Gasteiger partial charge in [-0.3, -0.25) is 14.4 Å². The molecule has 2 amide bonds. The second-order valence-electron chi connectivity index (χ2n) is 13.3. The van der Waals surface area contributed by atoms with Crippen molar-refractivity contribution in [1.82, 2.24) is 10.6 Å². The Hall–Kier alpha value is -3.79. The van der Waals surface area contributed by atoms with Crippen LogP contribution in [-0.4, -0.2) is 48.7 Å². The summed E-state index contributed by atoms with van der Waals surface area (Å²) in [5, 5.41) is 34.8. The van der Waals surface area contributed by atoms with Crippen LogP contribution < -0.4 is 20.1 Å². The zero-order chi connectivity index (χ0) is 30.7. The van der Waals surface area contributed by atoms with Gasteiger partial charge in [0.25, 0.3) is 5.91 Å². The van der Waals surface area contributed by atoms with Gasteiger partial charge in [0.1, 0.15) is 17.6 Å². The quantitative estimate of drug-likeness (QED) is 0.377. The Kier molecular flexibility index (Phi) is 9.15. The van der Waals surface area contributed by atoms with E-state index in [-0.39, 0.29) is 70.3 Å². The van der Waals surface area contributed by atoms with Gasteiger partial charge in [-0.15, -0.1) is 0 Å². The number of carboxylic acid groups (broad SMARTS) is 1. The van der Waals surface area contributed by atoms with Gasteiger partial charge in [-0.2, -0.15) is 10.5 Å². The molecule has 0 radical (unpaired) electrons. The summed E-state index contributed by atoms with van der Waals surface area (Å²) in [5.74, 6) is -0.0327. The minimum Gasteiger partial charge on any atom is -0.496 e. The third kappa shape index (κ3) is 6.44. The van der Waals surface area contributed by atoms with Crippen molar-refractivity contribution in [2.24, 2.45) is 35.0 Å². The van der Waals surface area contributed by atoms with Gasteiger partial charge in [0, 0.05) is 24.6 Å². The number of benzene rings is 1. The molecule has 0 spiro atoms. The van der Waals surface area contributed by atoms with Gasteiger partial charge in [0.15, 0.2) is 0 Å². The summed E-state index contributed by atoms with van der Waals surface area (Å²) >= 11 is 0. The molecule has 0 aliphatic heterocycles. The van der Waals surface area contributed by atoms with E-state index in [4.69, 9.17) is 14.7 Å². The summed E-state index contributed by atoms with van der Waals surface area (Å²) in [7, 11) is 1.44. The Bertz CT molecular complexity index is 1320. The molecule has 4 atom stereocenters. The van der Waals surface area contributed by atoms with Gasteiger partial charge < -0.3 is 25.2 Å². The third-order valence-electron chi connectivity index (χ3n) is 10.6. The SMILES string of the molecule is COc1cc(C#N)c(O[C@H]2CC[C@@](C)(C(=O)O)CC2)cc1C(=O)N[C@@H]1[C@H]2CC[C@H](C2)[C@@H]1C(=O)NCC1CCC(C#N)CC1. The van der Waals surface area contributed by atoms with Crippen LogP contribution in [0.2, 0.25) is 0 Å². The molecule has 4 fully saturated rings. The Balaban J connectivity index is 1.27. The zero-order valence-corrected chi connectivity index (χ0v) is 25.1. The van der Waals surface area contributed by atoms with Gasteiger partial charge in [-0.25, -0.2) is 0 Å². The number of carbonyl (C=O) groups excluding carboxylic acids is 2. The van der Waals surface area contributed by atoms with Crippen molar-refractivity contribution in [3.8, 4) is 23.6 Å². The number of ether oxygens (including phenoxy) is 2. The largest absolute Gasteiger partial charge is 0.496 e.